The molecule has 0 unspecified atom stereocenters. The van der Waals surface area contributed by atoms with Crippen LogP contribution in [0.2, 0.25) is 0 Å². The van der Waals surface area contributed by atoms with Crippen molar-refractivity contribution >= 4 is 23.8 Å². The lowest BCUT2D eigenvalue weighted by Gasteiger charge is -2.42. The Morgan fingerprint density at radius 2 is 1.92 bits per heavy atom. The first kappa shape index (κ1) is 18.4. The minimum atomic E-state index is -1.24. The van der Waals surface area contributed by atoms with E-state index in [2.05, 4.69) is 5.32 Å². The summed E-state index contributed by atoms with van der Waals surface area (Å²) >= 11 is 0. The maximum Gasteiger partial charge on any atom is 0.408 e. The zero-order chi connectivity index (χ0) is 18.6. The highest BCUT2D eigenvalue weighted by molar-refractivity contribution is 6.08. The van der Waals surface area contributed by atoms with E-state index in [9.17, 15) is 19.2 Å². The molecule has 1 aromatic rings. The number of alkyl carbamates (subject to hydrolysis) is 1. The lowest BCUT2D eigenvalue weighted by molar-refractivity contribution is -0.198. The van der Waals surface area contributed by atoms with E-state index in [1.165, 1.54) is 6.92 Å². The largest absolute Gasteiger partial charge is 0.445 e. The summed E-state index contributed by atoms with van der Waals surface area (Å²) in [6, 6.07) is 8.00. The van der Waals surface area contributed by atoms with Gasteiger partial charge in [0.25, 0.3) is 5.91 Å². The molecule has 0 spiro atoms. The molecule has 0 aromatic heterocycles. The lowest BCUT2D eigenvalue weighted by Crippen LogP contribution is -2.69. The summed E-state index contributed by atoms with van der Waals surface area (Å²) in [6.45, 7) is 2.59. The van der Waals surface area contributed by atoms with Gasteiger partial charge in [-0.25, -0.2) is 15.6 Å². The van der Waals surface area contributed by atoms with E-state index in [1.54, 1.807) is 24.3 Å². The van der Waals surface area contributed by atoms with Crippen LogP contribution in [0.5, 0.6) is 0 Å². The number of hydrazine groups is 1. The summed E-state index contributed by atoms with van der Waals surface area (Å²) in [5.41, 5.74) is 0.791. The third-order valence-corrected chi connectivity index (χ3v) is 3.65. The van der Waals surface area contributed by atoms with Gasteiger partial charge in [-0.05, 0) is 12.5 Å². The van der Waals surface area contributed by atoms with Gasteiger partial charge < -0.3 is 14.8 Å². The van der Waals surface area contributed by atoms with E-state index < -0.39 is 41.9 Å². The van der Waals surface area contributed by atoms with Crippen molar-refractivity contribution in [1.29, 1.82) is 0 Å². The summed E-state index contributed by atoms with van der Waals surface area (Å²) in [5, 5.41) is 3.02. The average Bonchev–Trinajstić information content (AvgIpc) is 2.59. The molecule has 1 saturated heterocycles. The minimum absolute atomic E-state index is 0.0442. The third kappa shape index (κ3) is 4.32. The molecule has 1 aromatic carbocycles. The molecule has 1 aliphatic rings. The predicted octanol–water partition coefficient (Wildman–Crippen LogP) is 0.0917. The summed E-state index contributed by atoms with van der Waals surface area (Å²) in [7, 11) is 0. The smallest absolute Gasteiger partial charge is 0.408 e. The molecule has 2 rings (SSSR count). The van der Waals surface area contributed by atoms with Gasteiger partial charge in [0.2, 0.25) is 6.23 Å². The molecule has 3 atom stereocenters. The number of benzene rings is 1. The molecule has 1 fully saturated rings. The molecule has 0 aliphatic carbocycles. The quantitative estimate of drug-likeness (QED) is 0.245. The SMILES string of the molecule is CC(=O)O[C@H]1[C@@H](C(=O)[C@H](C)NC(=O)OCc2ccccc2)C(=O)N1N. The highest BCUT2D eigenvalue weighted by Crippen LogP contribution is 2.26. The number of nitrogens with two attached hydrogens (primary N) is 1. The van der Waals surface area contributed by atoms with Crippen LogP contribution in [0, 0.1) is 5.92 Å². The van der Waals surface area contributed by atoms with E-state index in [0.29, 0.717) is 5.01 Å². The van der Waals surface area contributed by atoms with Crippen LogP contribution in [0.3, 0.4) is 0 Å². The van der Waals surface area contributed by atoms with Gasteiger partial charge in [0.15, 0.2) is 11.7 Å². The number of hydrogen-bond donors (Lipinski definition) is 2. The molecule has 3 N–H and O–H groups in total. The maximum atomic E-state index is 12.3. The molecular formula is C16H19N3O6. The van der Waals surface area contributed by atoms with Crippen molar-refractivity contribution in [1.82, 2.24) is 10.3 Å². The van der Waals surface area contributed by atoms with Gasteiger partial charge in [0.05, 0.1) is 6.04 Å². The molecule has 1 heterocycles. The first-order valence-corrected chi connectivity index (χ1v) is 7.57. The Bertz CT molecular complexity index is 678. The monoisotopic (exact) mass is 349 g/mol. The Hall–Kier alpha value is -2.94. The first-order chi connectivity index (χ1) is 11.8. The fourth-order valence-corrected chi connectivity index (χ4v) is 2.33. The molecule has 0 saturated carbocycles. The number of nitrogens with zero attached hydrogens (tertiary/aromatic N) is 1. The van der Waals surface area contributed by atoms with Crippen molar-refractivity contribution in [2.75, 3.05) is 0 Å². The summed E-state index contributed by atoms with van der Waals surface area (Å²) in [6.07, 6.45) is -1.97. The number of Topliss-reactive ketones (excluding diaryl/α,β-unsaturated/α-hetero) is 1. The van der Waals surface area contributed by atoms with Crippen LogP contribution >= 0.6 is 0 Å². The molecule has 9 heteroatoms. The standard InChI is InChI=1S/C16H19N3O6/c1-9(18-16(23)24-8-11-6-4-3-5-7-11)13(21)12-14(22)19(17)15(12)25-10(2)20/h3-7,9,12,15H,8,17H2,1-2H3,(H,18,23)/t9-,12-,15-/m0/s1. The predicted molar refractivity (Wildman–Crippen MR) is 84.3 cm³/mol. The van der Waals surface area contributed by atoms with Gasteiger partial charge in [-0.2, -0.15) is 0 Å². The number of ether oxygens (including phenoxy) is 2. The topological polar surface area (TPSA) is 128 Å². The highest BCUT2D eigenvalue weighted by atomic mass is 16.6. The van der Waals surface area contributed by atoms with E-state index in [4.69, 9.17) is 15.3 Å². The normalized spacial score (nSPS) is 20.3. The number of ketones is 1. The number of carbonyl (C=O) groups excluding carboxylic acids is 4. The van der Waals surface area contributed by atoms with Crippen LogP contribution in [-0.2, 0) is 30.5 Å². The zero-order valence-electron chi connectivity index (χ0n) is 13.8. The van der Waals surface area contributed by atoms with E-state index >= 15 is 0 Å². The van der Waals surface area contributed by atoms with Crippen LogP contribution in [-0.4, -0.2) is 41.0 Å². The van der Waals surface area contributed by atoms with E-state index in [1.807, 2.05) is 6.07 Å². The van der Waals surface area contributed by atoms with Gasteiger partial charge in [0.1, 0.15) is 6.61 Å². The van der Waals surface area contributed by atoms with Crippen LogP contribution < -0.4 is 11.2 Å². The Morgan fingerprint density at radius 3 is 2.52 bits per heavy atom. The van der Waals surface area contributed by atoms with E-state index in [0.717, 1.165) is 12.5 Å². The molecule has 0 radical (unpaired) electrons. The number of esters is 1. The number of β-lactam (4-membered cyclic amide) rings is 1. The Morgan fingerprint density at radius 1 is 1.28 bits per heavy atom. The van der Waals surface area contributed by atoms with Crippen molar-refractivity contribution in [2.45, 2.75) is 32.7 Å². The molecule has 9 nitrogen and oxygen atoms in total. The highest BCUT2D eigenvalue weighted by Gasteiger charge is 2.54. The molecule has 0 bridgehead atoms. The Kier molecular flexibility index (Phi) is 5.71. The molecule has 1 aliphatic heterocycles. The number of carbonyl (C=O) groups is 4. The van der Waals surface area contributed by atoms with Crippen LogP contribution in [0.25, 0.3) is 0 Å². The van der Waals surface area contributed by atoms with Gasteiger partial charge in [-0.1, -0.05) is 30.3 Å². The maximum absolute atomic E-state index is 12.3. The molecule has 25 heavy (non-hydrogen) atoms. The average molecular weight is 349 g/mol. The van der Waals surface area contributed by atoms with E-state index in [-0.39, 0.29) is 6.61 Å². The third-order valence-electron chi connectivity index (χ3n) is 3.65. The summed E-state index contributed by atoms with van der Waals surface area (Å²) in [5.74, 6) is 2.19. The Balaban J connectivity index is 1.87. The van der Waals surface area contributed by atoms with Crippen molar-refractivity contribution < 1.29 is 28.7 Å². The second-order valence-corrected chi connectivity index (χ2v) is 5.55. The fourth-order valence-electron chi connectivity index (χ4n) is 2.33. The number of nitrogens with one attached hydrogen (secondary N) is 1. The van der Waals surface area contributed by atoms with Crippen LogP contribution in [0.4, 0.5) is 4.79 Å². The van der Waals surface area contributed by atoms with Crippen LogP contribution in [0.15, 0.2) is 30.3 Å². The number of rotatable bonds is 6. The molecule has 2 amide bonds. The van der Waals surface area contributed by atoms with Gasteiger partial charge in [-0.3, -0.25) is 14.4 Å². The second-order valence-electron chi connectivity index (χ2n) is 5.55. The van der Waals surface area contributed by atoms with Gasteiger partial charge in [0, 0.05) is 6.92 Å². The van der Waals surface area contributed by atoms with Crippen molar-refractivity contribution in [3.05, 3.63) is 35.9 Å². The summed E-state index contributed by atoms with van der Waals surface area (Å²) in [4.78, 5) is 46.9. The van der Waals surface area contributed by atoms with Gasteiger partial charge >= 0.3 is 12.1 Å². The zero-order valence-corrected chi connectivity index (χ0v) is 13.8. The van der Waals surface area contributed by atoms with Crippen molar-refractivity contribution in [2.24, 2.45) is 11.8 Å². The summed E-state index contributed by atoms with van der Waals surface area (Å²) < 4.78 is 9.85. The lowest BCUT2D eigenvalue weighted by atomic mass is 9.89. The molecular weight excluding hydrogens is 330 g/mol. The number of amides is 2. The fraction of sp³-hybridized carbons (Fsp3) is 0.375. The van der Waals surface area contributed by atoms with Crippen molar-refractivity contribution in [3.63, 3.8) is 0 Å². The Labute approximate surface area is 144 Å². The first-order valence-electron chi connectivity index (χ1n) is 7.57. The number of hydrogen-bond acceptors (Lipinski definition) is 7. The van der Waals surface area contributed by atoms with Gasteiger partial charge in [-0.15, -0.1) is 0 Å². The van der Waals surface area contributed by atoms with Crippen LogP contribution in [0.1, 0.15) is 19.4 Å². The molecule has 134 valence electrons. The van der Waals surface area contributed by atoms with Crippen molar-refractivity contribution in [3.8, 4) is 0 Å². The second kappa shape index (κ2) is 7.75. The minimum Gasteiger partial charge on any atom is -0.445 e.